The van der Waals surface area contributed by atoms with Gasteiger partial charge in [0.1, 0.15) is 0 Å². The van der Waals surface area contributed by atoms with Gasteiger partial charge in [-0.2, -0.15) is 11.1 Å². The normalized spacial score (nSPS) is 22.2. The molecule has 0 spiro atoms. The van der Waals surface area contributed by atoms with Gasteiger partial charge < -0.3 is 0 Å². The average molecular weight is 319 g/mol. The van der Waals surface area contributed by atoms with Crippen molar-refractivity contribution in [2.75, 3.05) is 0 Å². The summed E-state index contributed by atoms with van der Waals surface area (Å²) < 4.78 is 1.44. The van der Waals surface area contributed by atoms with Crippen molar-refractivity contribution in [1.82, 2.24) is 0 Å². The monoisotopic (exact) mass is 318 g/mol. The molecule has 1 aromatic heterocycles. The number of hydrogen-bond donors (Lipinski definition) is 0. The molecule has 0 bridgehead atoms. The Bertz CT molecular complexity index is 720. The number of benzene rings is 1. The van der Waals surface area contributed by atoms with Crippen LogP contribution in [0.1, 0.15) is 41.7 Å². The average Bonchev–Trinajstić information content (AvgIpc) is 2.90. The first-order chi connectivity index (χ1) is 9.57. The highest BCUT2D eigenvalue weighted by molar-refractivity contribution is 7.24. The zero-order valence-electron chi connectivity index (χ0n) is 12.0. The van der Waals surface area contributed by atoms with Gasteiger partial charge in [0.05, 0.1) is 0 Å². The van der Waals surface area contributed by atoms with Crippen LogP contribution in [0.15, 0.2) is 29.8 Å². The Hall–Kier alpha value is -0.573. The maximum atomic E-state index is 6.93. The van der Waals surface area contributed by atoms with Crippen LogP contribution in [0.3, 0.4) is 0 Å². The third-order valence-corrected chi connectivity index (χ3v) is 8.84. The lowest BCUT2D eigenvalue weighted by molar-refractivity contribution is 0.705. The van der Waals surface area contributed by atoms with Crippen molar-refractivity contribution >= 4 is 45.5 Å². The van der Waals surface area contributed by atoms with E-state index >= 15 is 0 Å². The highest BCUT2D eigenvalue weighted by atomic mass is 35.6. The van der Waals surface area contributed by atoms with Crippen molar-refractivity contribution in [3.63, 3.8) is 0 Å². The molecule has 1 heterocycles. The minimum atomic E-state index is -1.72. The smallest absolute Gasteiger partial charge is 0.162 e. The second kappa shape index (κ2) is 4.46. The van der Waals surface area contributed by atoms with Gasteiger partial charge in [-0.15, -0.1) is 11.3 Å². The van der Waals surface area contributed by atoms with E-state index in [1.807, 2.05) is 11.3 Å². The Morgan fingerprint density at radius 2 is 1.90 bits per heavy atom. The Kier molecular flexibility index (Phi) is 2.92. The number of halogens is 1. The zero-order chi connectivity index (χ0) is 13.9. The summed E-state index contributed by atoms with van der Waals surface area (Å²) in [6, 6.07) is 8.90. The van der Waals surface area contributed by atoms with Crippen molar-refractivity contribution in [3.05, 3.63) is 40.3 Å². The topological polar surface area (TPSA) is 0 Å². The highest BCUT2D eigenvalue weighted by Crippen LogP contribution is 2.57. The Morgan fingerprint density at radius 3 is 2.70 bits per heavy atom. The molecular weight excluding hydrogens is 300 g/mol. The van der Waals surface area contributed by atoms with E-state index in [0.717, 1.165) is 0 Å². The van der Waals surface area contributed by atoms with Crippen LogP contribution in [-0.4, -0.2) is 7.38 Å². The lowest BCUT2D eigenvalue weighted by Crippen LogP contribution is -2.28. The molecule has 2 aromatic rings. The number of allylic oxidation sites excluding steroid dienone is 2. The molecule has 0 amide bonds. The number of hydrogen-bond acceptors (Lipinski definition) is 1. The van der Waals surface area contributed by atoms with E-state index in [2.05, 4.69) is 37.4 Å². The van der Waals surface area contributed by atoms with Gasteiger partial charge in [0, 0.05) is 20.5 Å². The second-order valence-corrected chi connectivity index (χ2v) is 14.3. The molecule has 2 aliphatic rings. The molecule has 1 atom stereocenters. The molecule has 0 saturated carbocycles. The Balaban J connectivity index is 2.03. The summed E-state index contributed by atoms with van der Waals surface area (Å²) in [5, 5.41) is 1.47. The molecule has 1 aromatic carbocycles. The SMILES string of the molecule is C[Si](C)(Cl)C1C2=C(CCCC2)c2c1sc1ccccc21. The molecule has 0 saturated heterocycles. The van der Waals surface area contributed by atoms with Crippen LogP contribution in [0.2, 0.25) is 13.1 Å². The summed E-state index contributed by atoms with van der Waals surface area (Å²) in [4.78, 5) is 1.59. The summed E-state index contributed by atoms with van der Waals surface area (Å²) in [7, 11) is -1.72. The lowest BCUT2D eigenvalue weighted by Gasteiger charge is -2.27. The summed E-state index contributed by atoms with van der Waals surface area (Å²) in [6.45, 7) is 4.63. The Morgan fingerprint density at radius 1 is 1.15 bits per heavy atom. The minimum absolute atomic E-state index is 0.562. The quantitative estimate of drug-likeness (QED) is 0.427. The van der Waals surface area contributed by atoms with Gasteiger partial charge in [-0.3, -0.25) is 0 Å². The van der Waals surface area contributed by atoms with Crippen LogP contribution < -0.4 is 0 Å². The van der Waals surface area contributed by atoms with Crippen molar-refractivity contribution in [2.45, 2.75) is 44.3 Å². The van der Waals surface area contributed by atoms with E-state index in [-0.39, 0.29) is 0 Å². The van der Waals surface area contributed by atoms with E-state index in [4.69, 9.17) is 11.1 Å². The minimum Gasteiger partial charge on any atom is -0.167 e. The maximum Gasteiger partial charge on any atom is 0.162 e. The molecule has 2 aliphatic carbocycles. The fourth-order valence-electron chi connectivity index (χ4n) is 4.00. The van der Waals surface area contributed by atoms with Crippen LogP contribution in [0.5, 0.6) is 0 Å². The number of thiophene rings is 1. The van der Waals surface area contributed by atoms with Crippen molar-refractivity contribution < 1.29 is 0 Å². The van der Waals surface area contributed by atoms with Crippen LogP contribution in [0.25, 0.3) is 15.7 Å². The molecule has 0 radical (unpaired) electrons. The predicted octanol–water partition coefficient (Wildman–Crippen LogP) is 6.31. The van der Waals surface area contributed by atoms with E-state index in [9.17, 15) is 0 Å². The summed E-state index contributed by atoms with van der Waals surface area (Å²) in [6.07, 6.45) is 5.24. The predicted molar refractivity (Wildman–Crippen MR) is 93.3 cm³/mol. The largest absolute Gasteiger partial charge is 0.167 e. The fraction of sp³-hybridized carbons (Fsp3) is 0.412. The molecule has 20 heavy (non-hydrogen) atoms. The molecule has 0 fully saturated rings. The van der Waals surface area contributed by atoms with Gasteiger partial charge in [-0.25, -0.2) is 0 Å². The molecule has 0 N–H and O–H groups in total. The van der Waals surface area contributed by atoms with Gasteiger partial charge in [-0.05, 0) is 42.9 Å². The molecule has 1 unspecified atom stereocenters. The van der Waals surface area contributed by atoms with Crippen LogP contribution in [0, 0.1) is 0 Å². The number of rotatable bonds is 1. The van der Waals surface area contributed by atoms with Crippen molar-refractivity contribution in [1.29, 1.82) is 0 Å². The van der Waals surface area contributed by atoms with Gasteiger partial charge in [0.25, 0.3) is 0 Å². The van der Waals surface area contributed by atoms with E-state index in [0.29, 0.717) is 5.54 Å². The molecule has 104 valence electrons. The molecular formula is C17H19ClSSi. The van der Waals surface area contributed by atoms with Crippen molar-refractivity contribution in [3.8, 4) is 0 Å². The first-order valence-corrected chi connectivity index (χ1v) is 12.4. The van der Waals surface area contributed by atoms with Crippen LogP contribution in [0.4, 0.5) is 0 Å². The maximum absolute atomic E-state index is 6.93. The summed E-state index contributed by atoms with van der Waals surface area (Å²) in [5.74, 6) is 0. The Labute approximate surface area is 130 Å². The lowest BCUT2D eigenvalue weighted by atomic mass is 9.91. The molecule has 3 heteroatoms. The van der Waals surface area contributed by atoms with Gasteiger partial charge in [-0.1, -0.05) is 36.9 Å². The van der Waals surface area contributed by atoms with Crippen LogP contribution >= 0.6 is 22.4 Å². The second-order valence-electron chi connectivity index (χ2n) is 6.55. The summed E-state index contributed by atoms with van der Waals surface area (Å²) in [5.41, 5.74) is 5.50. The third kappa shape index (κ3) is 1.78. The third-order valence-electron chi connectivity index (χ3n) is 4.73. The standard InChI is InChI=1S/C17H19ClSSi/c1-20(2,18)17-12-8-4-3-7-11(12)15-13-9-5-6-10-14(13)19-16(15)17/h5-6,9-10,17H,3-4,7-8H2,1-2H3. The van der Waals surface area contributed by atoms with Crippen LogP contribution in [-0.2, 0) is 0 Å². The van der Waals surface area contributed by atoms with E-state index in [1.165, 1.54) is 35.8 Å². The fourth-order valence-corrected chi connectivity index (χ4v) is 9.15. The first-order valence-electron chi connectivity index (χ1n) is 7.50. The number of fused-ring (bicyclic) bond motifs is 4. The first kappa shape index (κ1) is 13.1. The molecule has 0 nitrogen and oxygen atoms in total. The van der Waals surface area contributed by atoms with Gasteiger partial charge in [0.2, 0.25) is 0 Å². The highest BCUT2D eigenvalue weighted by Gasteiger charge is 2.43. The zero-order valence-corrected chi connectivity index (χ0v) is 14.6. The summed E-state index contributed by atoms with van der Waals surface area (Å²) >= 11 is 8.92. The van der Waals surface area contributed by atoms with E-state index in [1.54, 1.807) is 21.6 Å². The molecule has 0 aliphatic heterocycles. The van der Waals surface area contributed by atoms with Crippen molar-refractivity contribution in [2.24, 2.45) is 0 Å². The van der Waals surface area contributed by atoms with Gasteiger partial charge >= 0.3 is 0 Å². The molecule has 4 rings (SSSR count). The van der Waals surface area contributed by atoms with Gasteiger partial charge in [0.15, 0.2) is 7.38 Å². The van der Waals surface area contributed by atoms with E-state index < -0.39 is 7.38 Å².